The van der Waals surface area contributed by atoms with Crippen LogP contribution < -0.4 is 0 Å². The summed E-state index contributed by atoms with van der Waals surface area (Å²) in [7, 11) is 0. The molecule has 24 heavy (non-hydrogen) atoms. The van der Waals surface area contributed by atoms with E-state index in [0.717, 1.165) is 21.5 Å². The highest BCUT2D eigenvalue weighted by Crippen LogP contribution is 2.35. The average molecular weight is 313 g/mol. The molecule has 0 aliphatic carbocycles. The van der Waals surface area contributed by atoms with Gasteiger partial charge >= 0.3 is 0 Å². The van der Waals surface area contributed by atoms with Gasteiger partial charge in [-0.05, 0) is 22.9 Å². The van der Waals surface area contributed by atoms with Crippen LogP contribution in [0.3, 0.4) is 0 Å². The van der Waals surface area contributed by atoms with Crippen LogP contribution in [0.5, 0.6) is 11.5 Å². The first-order valence-electron chi connectivity index (χ1n) is 7.69. The van der Waals surface area contributed by atoms with Gasteiger partial charge in [0.25, 0.3) is 0 Å². The number of nitrogens with zero attached hydrogens (tertiary/aromatic N) is 1. The molecule has 0 radical (unpaired) electrons. The molecule has 0 fully saturated rings. The smallest absolute Gasteiger partial charge is 0.141 e. The van der Waals surface area contributed by atoms with Gasteiger partial charge in [0.2, 0.25) is 0 Å². The Kier molecular flexibility index (Phi) is 3.39. The Hall–Kier alpha value is -3.33. The molecule has 0 saturated heterocycles. The SMILES string of the molecule is Oc1ccc2ccccc2c1N=Cc1ccc2ccccc2c1O. The Labute approximate surface area is 139 Å². The Morgan fingerprint density at radius 2 is 1.29 bits per heavy atom. The van der Waals surface area contributed by atoms with E-state index < -0.39 is 0 Å². The Balaban J connectivity index is 1.84. The molecule has 4 aromatic carbocycles. The number of hydrogen-bond acceptors (Lipinski definition) is 3. The van der Waals surface area contributed by atoms with Crippen LogP contribution in [-0.4, -0.2) is 16.4 Å². The topological polar surface area (TPSA) is 52.8 Å². The highest BCUT2D eigenvalue weighted by molar-refractivity contribution is 6.01. The van der Waals surface area contributed by atoms with E-state index in [1.54, 1.807) is 12.3 Å². The lowest BCUT2D eigenvalue weighted by molar-refractivity contribution is 0.477. The summed E-state index contributed by atoms with van der Waals surface area (Å²) >= 11 is 0. The van der Waals surface area contributed by atoms with Crippen molar-refractivity contribution in [3.05, 3.63) is 78.4 Å². The number of phenols is 2. The summed E-state index contributed by atoms with van der Waals surface area (Å²) in [5.74, 6) is 0.307. The molecule has 3 nitrogen and oxygen atoms in total. The van der Waals surface area contributed by atoms with Gasteiger partial charge in [-0.3, -0.25) is 4.99 Å². The summed E-state index contributed by atoms with van der Waals surface area (Å²) in [4.78, 5) is 4.44. The van der Waals surface area contributed by atoms with Crippen molar-refractivity contribution >= 4 is 33.4 Å². The number of rotatable bonds is 2. The van der Waals surface area contributed by atoms with Gasteiger partial charge < -0.3 is 10.2 Å². The minimum Gasteiger partial charge on any atom is -0.507 e. The summed E-state index contributed by atoms with van der Waals surface area (Å²) in [6.45, 7) is 0. The summed E-state index contributed by atoms with van der Waals surface area (Å²) in [6, 6.07) is 22.7. The van der Waals surface area contributed by atoms with E-state index in [1.165, 1.54) is 0 Å². The van der Waals surface area contributed by atoms with Crippen molar-refractivity contribution in [1.29, 1.82) is 0 Å². The zero-order chi connectivity index (χ0) is 16.5. The van der Waals surface area contributed by atoms with E-state index in [2.05, 4.69) is 4.99 Å². The summed E-state index contributed by atoms with van der Waals surface area (Å²) in [5.41, 5.74) is 1.11. The van der Waals surface area contributed by atoms with Crippen LogP contribution in [0, 0.1) is 0 Å². The minimum absolute atomic E-state index is 0.116. The molecule has 2 N–H and O–H groups in total. The lowest BCUT2D eigenvalue weighted by Gasteiger charge is -2.06. The van der Waals surface area contributed by atoms with Crippen LogP contribution in [0.2, 0.25) is 0 Å². The van der Waals surface area contributed by atoms with E-state index >= 15 is 0 Å². The fourth-order valence-corrected chi connectivity index (χ4v) is 2.89. The van der Waals surface area contributed by atoms with Gasteiger partial charge in [-0.25, -0.2) is 0 Å². The number of aromatic hydroxyl groups is 2. The highest BCUT2D eigenvalue weighted by atomic mass is 16.3. The number of hydrogen-bond donors (Lipinski definition) is 2. The lowest BCUT2D eigenvalue weighted by Crippen LogP contribution is -1.85. The van der Waals surface area contributed by atoms with E-state index in [0.29, 0.717) is 11.3 Å². The van der Waals surface area contributed by atoms with Gasteiger partial charge in [0.1, 0.15) is 17.2 Å². The molecular weight excluding hydrogens is 298 g/mol. The van der Waals surface area contributed by atoms with Gasteiger partial charge in [0.15, 0.2) is 0 Å². The van der Waals surface area contributed by atoms with Crippen LogP contribution in [-0.2, 0) is 0 Å². The molecule has 116 valence electrons. The third-order valence-electron chi connectivity index (χ3n) is 4.14. The standard InChI is InChI=1S/C21H15NO2/c23-19-12-11-14-5-1-3-7-17(14)20(19)22-13-16-10-9-15-6-2-4-8-18(15)21(16)24/h1-13,23-24H. The molecule has 0 heterocycles. The van der Waals surface area contributed by atoms with Gasteiger partial charge in [-0.15, -0.1) is 0 Å². The number of fused-ring (bicyclic) bond motifs is 2. The van der Waals surface area contributed by atoms with Crippen LogP contribution in [0.15, 0.2) is 77.8 Å². The van der Waals surface area contributed by atoms with Crippen molar-refractivity contribution in [1.82, 2.24) is 0 Å². The van der Waals surface area contributed by atoms with E-state index in [4.69, 9.17) is 0 Å². The highest BCUT2D eigenvalue weighted by Gasteiger charge is 2.07. The van der Waals surface area contributed by atoms with Crippen LogP contribution >= 0.6 is 0 Å². The predicted molar refractivity (Wildman–Crippen MR) is 98.5 cm³/mol. The molecule has 0 aromatic heterocycles. The molecule has 0 aliphatic heterocycles. The summed E-state index contributed by atoms with van der Waals surface area (Å²) in [5, 5.41) is 24.2. The minimum atomic E-state index is 0.116. The van der Waals surface area contributed by atoms with Gasteiger partial charge in [0.05, 0.1) is 0 Å². The molecule has 4 rings (SSSR count). The molecular formula is C21H15NO2. The third-order valence-corrected chi connectivity index (χ3v) is 4.14. The lowest BCUT2D eigenvalue weighted by atomic mass is 10.1. The third kappa shape index (κ3) is 2.36. The average Bonchev–Trinajstić information content (AvgIpc) is 2.62. The normalized spacial score (nSPS) is 11.5. The maximum atomic E-state index is 10.5. The van der Waals surface area contributed by atoms with Crippen molar-refractivity contribution in [2.75, 3.05) is 0 Å². The maximum Gasteiger partial charge on any atom is 0.141 e. The first kappa shape index (κ1) is 14.3. The van der Waals surface area contributed by atoms with Crippen molar-refractivity contribution in [2.45, 2.75) is 0 Å². The predicted octanol–water partition coefficient (Wildman–Crippen LogP) is 5.15. The molecule has 0 unspecified atom stereocenters. The quantitative estimate of drug-likeness (QED) is 0.502. The number of benzene rings is 4. The van der Waals surface area contributed by atoms with Crippen LogP contribution in [0.1, 0.15) is 5.56 Å². The molecule has 0 saturated carbocycles. The monoisotopic (exact) mass is 313 g/mol. The van der Waals surface area contributed by atoms with Crippen molar-refractivity contribution in [3.63, 3.8) is 0 Å². The van der Waals surface area contributed by atoms with Gasteiger partial charge in [-0.1, -0.05) is 60.7 Å². The van der Waals surface area contributed by atoms with Gasteiger partial charge in [0, 0.05) is 22.6 Å². The fraction of sp³-hybridized carbons (Fsp3) is 0. The van der Waals surface area contributed by atoms with Crippen molar-refractivity contribution < 1.29 is 10.2 Å². The largest absolute Gasteiger partial charge is 0.507 e. The van der Waals surface area contributed by atoms with E-state index in [1.807, 2.05) is 66.7 Å². The number of aliphatic imine (C=N–C) groups is 1. The Morgan fingerprint density at radius 3 is 2.08 bits per heavy atom. The Morgan fingerprint density at radius 1 is 0.667 bits per heavy atom. The molecule has 0 aliphatic rings. The first-order valence-corrected chi connectivity index (χ1v) is 7.69. The van der Waals surface area contributed by atoms with Crippen LogP contribution in [0.4, 0.5) is 5.69 Å². The molecule has 4 aromatic rings. The molecule has 3 heteroatoms. The molecule has 0 spiro atoms. The maximum absolute atomic E-state index is 10.5. The Bertz CT molecular complexity index is 1080. The van der Waals surface area contributed by atoms with Crippen molar-refractivity contribution in [2.24, 2.45) is 4.99 Å². The fourth-order valence-electron chi connectivity index (χ4n) is 2.89. The van der Waals surface area contributed by atoms with E-state index in [-0.39, 0.29) is 11.5 Å². The van der Waals surface area contributed by atoms with Gasteiger partial charge in [-0.2, -0.15) is 0 Å². The number of phenolic OH excluding ortho intramolecular Hbond substituents is 2. The van der Waals surface area contributed by atoms with Crippen molar-refractivity contribution in [3.8, 4) is 11.5 Å². The van der Waals surface area contributed by atoms with Crippen LogP contribution in [0.25, 0.3) is 21.5 Å². The summed E-state index contributed by atoms with van der Waals surface area (Å²) < 4.78 is 0. The second-order valence-electron chi connectivity index (χ2n) is 5.64. The molecule has 0 amide bonds. The molecule has 0 bridgehead atoms. The first-order chi connectivity index (χ1) is 11.7. The second kappa shape index (κ2) is 5.70. The second-order valence-corrected chi connectivity index (χ2v) is 5.64. The summed E-state index contributed by atoms with van der Waals surface area (Å²) in [6.07, 6.45) is 1.59. The zero-order valence-corrected chi connectivity index (χ0v) is 12.8. The zero-order valence-electron chi connectivity index (χ0n) is 12.8. The molecule has 0 atom stereocenters. The van der Waals surface area contributed by atoms with E-state index in [9.17, 15) is 10.2 Å².